The van der Waals surface area contributed by atoms with E-state index in [2.05, 4.69) is 27.3 Å². The fourth-order valence-electron chi connectivity index (χ4n) is 4.07. The molecule has 2 heterocycles. The molecular formula is C28H32N4O3. The van der Waals surface area contributed by atoms with Gasteiger partial charge in [0.15, 0.2) is 0 Å². The minimum atomic E-state index is -0.0875. The molecule has 7 heteroatoms. The zero-order valence-corrected chi connectivity index (χ0v) is 19.9. The highest BCUT2D eigenvalue weighted by atomic mass is 16.5. The Morgan fingerprint density at radius 2 is 1.60 bits per heavy atom. The Morgan fingerprint density at radius 1 is 0.857 bits per heavy atom. The summed E-state index contributed by atoms with van der Waals surface area (Å²) in [6.07, 6.45) is 3.86. The Bertz CT molecular complexity index is 1070. The summed E-state index contributed by atoms with van der Waals surface area (Å²) in [5.41, 5.74) is 1.96. The van der Waals surface area contributed by atoms with Crippen LogP contribution in [0.2, 0.25) is 0 Å². The number of hydrogen-bond donors (Lipinski definition) is 1. The fourth-order valence-corrected chi connectivity index (χ4v) is 4.07. The van der Waals surface area contributed by atoms with Gasteiger partial charge < -0.3 is 19.9 Å². The SMILES string of the molecule is O=C(CCCC(=O)N1CCN(c2ccccn2)CC1)Nc1ccc(OCCc2ccccc2)cc1. The van der Waals surface area contributed by atoms with Crippen molar-refractivity contribution < 1.29 is 14.3 Å². The lowest BCUT2D eigenvalue weighted by Gasteiger charge is -2.35. The van der Waals surface area contributed by atoms with Crippen LogP contribution in [-0.4, -0.2) is 54.5 Å². The molecule has 182 valence electrons. The maximum atomic E-state index is 12.5. The molecule has 1 aromatic heterocycles. The van der Waals surface area contributed by atoms with Crippen molar-refractivity contribution in [2.75, 3.05) is 43.0 Å². The summed E-state index contributed by atoms with van der Waals surface area (Å²) < 4.78 is 5.79. The molecular weight excluding hydrogens is 440 g/mol. The van der Waals surface area contributed by atoms with Gasteiger partial charge in [-0.15, -0.1) is 0 Å². The van der Waals surface area contributed by atoms with Crippen molar-refractivity contribution in [3.63, 3.8) is 0 Å². The Kier molecular flexibility index (Phi) is 8.70. The van der Waals surface area contributed by atoms with Crippen molar-refractivity contribution in [2.24, 2.45) is 0 Å². The van der Waals surface area contributed by atoms with Gasteiger partial charge in [0.05, 0.1) is 6.61 Å². The van der Waals surface area contributed by atoms with Gasteiger partial charge in [0, 0.05) is 57.3 Å². The molecule has 35 heavy (non-hydrogen) atoms. The van der Waals surface area contributed by atoms with Crippen molar-refractivity contribution >= 4 is 23.3 Å². The predicted molar refractivity (Wildman–Crippen MR) is 138 cm³/mol. The van der Waals surface area contributed by atoms with Crippen molar-refractivity contribution in [3.05, 3.63) is 84.6 Å². The van der Waals surface area contributed by atoms with Gasteiger partial charge >= 0.3 is 0 Å². The average Bonchev–Trinajstić information content (AvgIpc) is 2.91. The molecule has 2 amide bonds. The monoisotopic (exact) mass is 472 g/mol. The van der Waals surface area contributed by atoms with Gasteiger partial charge in [-0.3, -0.25) is 9.59 Å². The van der Waals surface area contributed by atoms with Crippen molar-refractivity contribution in [1.29, 1.82) is 0 Å². The van der Waals surface area contributed by atoms with Crippen LogP contribution in [-0.2, 0) is 16.0 Å². The van der Waals surface area contributed by atoms with Crippen LogP contribution in [0.3, 0.4) is 0 Å². The second-order valence-electron chi connectivity index (χ2n) is 8.57. The smallest absolute Gasteiger partial charge is 0.224 e. The van der Waals surface area contributed by atoms with Crippen molar-refractivity contribution in [1.82, 2.24) is 9.88 Å². The largest absolute Gasteiger partial charge is 0.493 e. The molecule has 7 nitrogen and oxygen atoms in total. The molecule has 1 aliphatic heterocycles. The lowest BCUT2D eigenvalue weighted by Crippen LogP contribution is -2.49. The number of benzene rings is 2. The molecule has 0 radical (unpaired) electrons. The first-order valence-corrected chi connectivity index (χ1v) is 12.2. The van der Waals surface area contributed by atoms with Gasteiger partial charge in [0.1, 0.15) is 11.6 Å². The summed E-state index contributed by atoms with van der Waals surface area (Å²) in [7, 11) is 0. The third-order valence-electron chi connectivity index (χ3n) is 6.04. The highest BCUT2D eigenvalue weighted by Gasteiger charge is 2.21. The summed E-state index contributed by atoms with van der Waals surface area (Å²) >= 11 is 0. The van der Waals surface area contributed by atoms with E-state index in [0.717, 1.165) is 36.8 Å². The van der Waals surface area contributed by atoms with E-state index in [1.54, 1.807) is 6.20 Å². The Balaban J connectivity index is 1.11. The van der Waals surface area contributed by atoms with E-state index in [9.17, 15) is 9.59 Å². The number of nitrogens with zero attached hydrogens (tertiary/aromatic N) is 3. The molecule has 1 fully saturated rings. The number of amides is 2. The highest BCUT2D eigenvalue weighted by Crippen LogP contribution is 2.17. The van der Waals surface area contributed by atoms with E-state index < -0.39 is 0 Å². The fraction of sp³-hybridized carbons (Fsp3) is 0.321. The van der Waals surface area contributed by atoms with Gasteiger partial charge in [-0.05, 0) is 48.4 Å². The summed E-state index contributed by atoms with van der Waals surface area (Å²) in [5, 5.41) is 2.90. The predicted octanol–water partition coefficient (Wildman–Crippen LogP) is 4.16. The van der Waals surface area contributed by atoms with Gasteiger partial charge in [-0.1, -0.05) is 36.4 Å². The van der Waals surface area contributed by atoms with Crippen LogP contribution in [0, 0.1) is 0 Å². The zero-order chi connectivity index (χ0) is 24.3. The van der Waals surface area contributed by atoms with E-state index in [1.807, 2.05) is 65.6 Å². The third-order valence-corrected chi connectivity index (χ3v) is 6.04. The van der Waals surface area contributed by atoms with Crippen LogP contribution in [0.5, 0.6) is 5.75 Å². The molecule has 1 saturated heterocycles. The first-order chi connectivity index (χ1) is 17.2. The first kappa shape index (κ1) is 24.3. The van der Waals surface area contributed by atoms with Crippen LogP contribution in [0.15, 0.2) is 79.0 Å². The van der Waals surface area contributed by atoms with E-state index in [0.29, 0.717) is 39.0 Å². The lowest BCUT2D eigenvalue weighted by atomic mass is 10.2. The topological polar surface area (TPSA) is 74.8 Å². The Morgan fingerprint density at radius 3 is 2.31 bits per heavy atom. The molecule has 3 aromatic rings. The van der Waals surface area contributed by atoms with Crippen LogP contribution in [0.1, 0.15) is 24.8 Å². The number of carbonyl (C=O) groups excluding carboxylic acids is 2. The summed E-state index contributed by atoms with van der Waals surface area (Å²) in [4.78, 5) is 33.3. The summed E-state index contributed by atoms with van der Waals surface area (Å²) in [6.45, 7) is 3.51. The number of hydrogen-bond acceptors (Lipinski definition) is 5. The zero-order valence-electron chi connectivity index (χ0n) is 19.9. The number of carbonyl (C=O) groups is 2. The normalized spacial score (nSPS) is 13.4. The van der Waals surface area contributed by atoms with Crippen LogP contribution >= 0.6 is 0 Å². The molecule has 2 aromatic carbocycles. The van der Waals surface area contributed by atoms with Gasteiger partial charge in [-0.25, -0.2) is 4.98 Å². The molecule has 0 spiro atoms. The highest BCUT2D eigenvalue weighted by molar-refractivity contribution is 5.91. The second-order valence-corrected chi connectivity index (χ2v) is 8.57. The molecule has 0 bridgehead atoms. The van der Waals surface area contributed by atoms with E-state index >= 15 is 0 Å². The van der Waals surface area contributed by atoms with E-state index in [4.69, 9.17) is 4.74 Å². The molecule has 0 saturated carbocycles. The number of pyridine rings is 1. The number of nitrogens with one attached hydrogen (secondary N) is 1. The molecule has 4 rings (SSSR count). The van der Waals surface area contributed by atoms with Crippen molar-refractivity contribution in [2.45, 2.75) is 25.7 Å². The summed E-state index contributed by atoms with van der Waals surface area (Å²) in [5.74, 6) is 1.74. The molecule has 1 aliphatic rings. The maximum Gasteiger partial charge on any atom is 0.224 e. The van der Waals surface area contributed by atoms with E-state index in [-0.39, 0.29) is 11.8 Å². The third kappa shape index (κ3) is 7.57. The molecule has 1 N–H and O–H groups in total. The number of aromatic nitrogens is 1. The minimum absolute atomic E-state index is 0.0875. The van der Waals surface area contributed by atoms with E-state index in [1.165, 1.54) is 5.56 Å². The van der Waals surface area contributed by atoms with Gasteiger partial charge in [0.25, 0.3) is 0 Å². The Labute approximate surface area is 206 Å². The van der Waals surface area contributed by atoms with Crippen LogP contribution in [0.25, 0.3) is 0 Å². The summed E-state index contributed by atoms with van der Waals surface area (Å²) in [6, 6.07) is 23.5. The first-order valence-electron chi connectivity index (χ1n) is 12.2. The standard InChI is InChI=1S/C28H32N4O3/c33-27(30-24-12-14-25(15-13-24)35-22-16-23-7-2-1-3-8-23)10-6-11-28(34)32-20-18-31(19-21-32)26-9-4-5-17-29-26/h1-5,7-9,12-15,17H,6,10-11,16,18-22H2,(H,30,33). The van der Waals surface area contributed by atoms with Crippen molar-refractivity contribution in [3.8, 4) is 5.75 Å². The quantitative estimate of drug-likeness (QED) is 0.480. The lowest BCUT2D eigenvalue weighted by molar-refractivity contribution is -0.131. The number of ether oxygens (including phenoxy) is 1. The van der Waals surface area contributed by atoms with Gasteiger partial charge in [-0.2, -0.15) is 0 Å². The number of rotatable bonds is 10. The number of piperazine rings is 1. The van der Waals surface area contributed by atoms with Gasteiger partial charge in [0.2, 0.25) is 11.8 Å². The van der Waals surface area contributed by atoms with Crippen LogP contribution in [0.4, 0.5) is 11.5 Å². The Hall–Kier alpha value is -3.87. The van der Waals surface area contributed by atoms with Crippen LogP contribution < -0.4 is 15.0 Å². The second kappa shape index (κ2) is 12.6. The minimum Gasteiger partial charge on any atom is -0.493 e. The molecule has 0 unspecified atom stereocenters. The molecule has 0 aliphatic carbocycles. The maximum absolute atomic E-state index is 12.5. The number of anilines is 2. The molecule has 0 atom stereocenters. The average molecular weight is 473 g/mol.